The first kappa shape index (κ1) is 14.1. The van der Waals surface area contributed by atoms with Crippen molar-refractivity contribution in [2.75, 3.05) is 6.61 Å². The van der Waals surface area contributed by atoms with Crippen molar-refractivity contribution in [2.45, 2.75) is 51.9 Å². The molecule has 0 spiro atoms. The van der Waals surface area contributed by atoms with Crippen molar-refractivity contribution >= 4 is 5.78 Å². The zero-order chi connectivity index (χ0) is 13.5. The lowest BCUT2D eigenvalue weighted by Crippen LogP contribution is -2.10. The third kappa shape index (κ3) is 5.06. The van der Waals surface area contributed by atoms with Gasteiger partial charge in [-0.2, -0.15) is 0 Å². The van der Waals surface area contributed by atoms with Gasteiger partial charge in [-0.3, -0.25) is 4.79 Å². The normalized spacial score (nSPS) is 16.3. The molecule has 1 aromatic carbocycles. The minimum Gasteiger partial charge on any atom is -0.494 e. The van der Waals surface area contributed by atoms with Crippen LogP contribution < -0.4 is 4.74 Å². The SMILES string of the molecule is CC(=O)Cc1ccc(OCCC2CCCCC2)cc1. The second kappa shape index (κ2) is 7.32. The van der Waals surface area contributed by atoms with Gasteiger partial charge >= 0.3 is 0 Å². The van der Waals surface area contributed by atoms with E-state index in [2.05, 4.69) is 0 Å². The van der Waals surface area contributed by atoms with Gasteiger partial charge in [0, 0.05) is 6.42 Å². The van der Waals surface area contributed by atoms with Crippen molar-refractivity contribution in [3.63, 3.8) is 0 Å². The van der Waals surface area contributed by atoms with Crippen LogP contribution in [-0.4, -0.2) is 12.4 Å². The lowest BCUT2D eigenvalue weighted by Gasteiger charge is -2.21. The third-order valence-electron chi connectivity index (χ3n) is 3.90. The minimum atomic E-state index is 0.200. The summed E-state index contributed by atoms with van der Waals surface area (Å²) >= 11 is 0. The fourth-order valence-corrected chi connectivity index (χ4v) is 2.81. The zero-order valence-corrected chi connectivity index (χ0v) is 11.9. The van der Waals surface area contributed by atoms with E-state index in [0.29, 0.717) is 6.42 Å². The highest BCUT2D eigenvalue weighted by atomic mass is 16.5. The summed E-state index contributed by atoms with van der Waals surface area (Å²) < 4.78 is 5.78. The van der Waals surface area contributed by atoms with Gasteiger partial charge in [-0.05, 0) is 37.0 Å². The zero-order valence-electron chi connectivity index (χ0n) is 11.9. The van der Waals surface area contributed by atoms with Gasteiger partial charge in [-0.25, -0.2) is 0 Å². The molecule has 0 amide bonds. The summed E-state index contributed by atoms with van der Waals surface area (Å²) in [6.07, 6.45) is 8.64. The Kier molecular flexibility index (Phi) is 5.44. The molecule has 1 aliphatic carbocycles. The fourth-order valence-electron chi connectivity index (χ4n) is 2.81. The first-order valence-corrected chi connectivity index (χ1v) is 7.45. The van der Waals surface area contributed by atoms with Crippen LogP contribution in [0.2, 0.25) is 0 Å². The van der Waals surface area contributed by atoms with Gasteiger partial charge in [-0.1, -0.05) is 44.2 Å². The lowest BCUT2D eigenvalue weighted by atomic mass is 9.87. The lowest BCUT2D eigenvalue weighted by molar-refractivity contribution is -0.116. The molecule has 0 heterocycles. The van der Waals surface area contributed by atoms with Gasteiger partial charge in [0.15, 0.2) is 0 Å². The topological polar surface area (TPSA) is 26.3 Å². The fraction of sp³-hybridized carbons (Fsp3) is 0.588. The second-order valence-electron chi connectivity index (χ2n) is 5.66. The van der Waals surface area contributed by atoms with Crippen LogP contribution in [0.3, 0.4) is 0 Å². The molecule has 0 bridgehead atoms. The van der Waals surface area contributed by atoms with Gasteiger partial charge in [0.2, 0.25) is 0 Å². The van der Waals surface area contributed by atoms with Crippen molar-refractivity contribution in [1.29, 1.82) is 0 Å². The molecule has 2 heteroatoms. The second-order valence-corrected chi connectivity index (χ2v) is 5.66. The summed E-state index contributed by atoms with van der Waals surface area (Å²) in [5.41, 5.74) is 1.06. The standard InChI is InChI=1S/C17H24O2/c1-14(18)13-16-7-9-17(10-8-16)19-12-11-15-5-3-2-4-6-15/h7-10,15H,2-6,11-13H2,1H3. The van der Waals surface area contributed by atoms with Crippen molar-refractivity contribution in [3.05, 3.63) is 29.8 Å². The maximum absolute atomic E-state index is 11.0. The summed E-state index contributed by atoms with van der Waals surface area (Å²) in [6.45, 7) is 2.44. The van der Waals surface area contributed by atoms with Crippen LogP contribution in [0.15, 0.2) is 24.3 Å². The average Bonchev–Trinajstić information content (AvgIpc) is 2.41. The number of carbonyl (C=O) groups excluding carboxylic acids is 1. The number of ether oxygens (including phenoxy) is 1. The molecule has 1 aliphatic rings. The number of Topliss-reactive ketones (excluding diaryl/α,β-unsaturated/α-hetero) is 1. The summed E-state index contributed by atoms with van der Waals surface area (Å²) in [5.74, 6) is 1.99. The molecular weight excluding hydrogens is 236 g/mol. The van der Waals surface area contributed by atoms with Crippen LogP contribution in [0.4, 0.5) is 0 Å². The summed E-state index contributed by atoms with van der Waals surface area (Å²) in [5, 5.41) is 0. The van der Waals surface area contributed by atoms with E-state index in [-0.39, 0.29) is 5.78 Å². The first-order chi connectivity index (χ1) is 9.24. The number of ketones is 1. The number of hydrogen-bond donors (Lipinski definition) is 0. The maximum Gasteiger partial charge on any atom is 0.134 e. The molecule has 19 heavy (non-hydrogen) atoms. The molecule has 1 saturated carbocycles. The number of rotatable bonds is 6. The molecule has 2 rings (SSSR count). The van der Waals surface area contributed by atoms with Crippen LogP contribution >= 0.6 is 0 Å². The van der Waals surface area contributed by atoms with Gasteiger partial charge in [0.05, 0.1) is 6.61 Å². The van der Waals surface area contributed by atoms with E-state index in [1.54, 1.807) is 6.92 Å². The van der Waals surface area contributed by atoms with Crippen LogP contribution in [-0.2, 0) is 11.2 Å². The molecule has 1 fully saturated rings. The highest BCUT2D eigenvalue weighted by molar-refractivity contribution is 5.78. The van der Waals surface area contributed by atoms with E-state index in [0.717, 1.165) is 23.8 Å². The number of carbonyl (C=O) groups is 1. The van der Waals surface area contributed by atoms with Crippen molar-refractivity contribution in [3.8, 4) is 5.75 Å². The Morgan fingerprint density at radius 2 is 1.84 bits per heavy atom. The van der Waals surface area contributed by atoms with Crippen LogP contribution in [0.25, 0.3) is 0 Å². The highest BCUT2D eigenvalue weighted by Gasteiger charge is 2.13. The van der Waals surface area contributed by atoms with Crippen LogP contribution in [0.5, 0.6) is 5.75 Å². The Bertz CT molecular complexity index is 388. The first-order valence-electron chi connectivity index (χ1n) is 7.45. The molecule has 1 aromatic rings. The monoisotopic (exact) mass is 260 g/mol. The van der Waals surface area contributed by atoms with Gasteiger partial charge in [-0.15, -0.1) is 0 Å². The van der Waals surface area contributed by atoms with Crippen molar-refractivity contribution < 1.29 is 9.53 Å². The molecule has 0 saturated heterocycles. The highest BCUT2D eigenvalue weighted by Crippen LogP contribution is 2.26. The summed E-state index contributed by atoms with van der Waals surface area (Å²) in [4.78, 5) is 11.0. The Balaban J connectivity index is 1.71. The maximum atomic E-state index is 11.0. The molecule has 0 aliphatic heterocycles. The molecule has 0 aromatic heterocycles. The molecule has 104 valence electrons. The predicted molar refractivity (Wildman–Crippen MR) is 77.5 cm³/mol. The van der Waals surface area contributed by atoms with E-state index in [9.17, 15) is 4.79 Å². The quantitative estimate of drug-likeness (QED) is 0.767. The van der Waals surface area contributed by atoms with Crippen molar-refractivity contribution in [1.82, 2.24) is 0 Å². The minimum absolute atomic E-state index is 0.200. The van der Waals surface area contributed by atoms with E-state index in [1.165, 1.54) is 38.5 Å². The van der Waals surface area contributed by atoms with E-state index < -0.39 is 0 Å². The molecule has 0 N–H and O–H groups in total. The predicted octanol–water partition coefficient (Wildman–Crippen LogP) is 4.17. The molecule has 0 radical (unpaired) electrons. The Hall–Kier alpha value is -1.31. The average molecular weight is 260 g/mol. The smallest absolute Gasteiger partial charge is 0.134 e. The Morgan fingerprint density at radius 3 is 2.47 bits per heavy atom. The molecule has 0 atom stereocenters. The Labute approximate surface area is 116 Å². The van der Waals surface area contributed by atoms with Crippen molar-refractivity contribution in [2.24, 2.45) is 5.92 Å². The van der Waals surface area contributed by atoms with E-state index in [4.69, 9.17) is 4.74 Å². The Morgan fingerprint density at radius 1 is 1.16 bits per heavy atom. The van der Waals surface area contributed by atoms with Crippen LogP contribution in [0.1, 0.15) is 51.0 Å². The third-order valence-corrected chi connectivity index (χ3v) is 3.90. The summed E-state index contributed by atoms with van der Waals surface area (Å²) in [7, 11) is 0. The number of benzene rings is 1. The molecular formula is C17H24O2. The van der Waals surface area contributed by atoms with Gasteiger partial charge in [0.25, 0.3) is 0 Å². The van der Waals surface area contributed by atoms with E-state index in [1.807, 2.05) is 24.3 Å². The largest absolute Gasteiger partial charge is 0.494 e. The van der Waals surface area contributed by atoms with Gasteiger partial charge in [0.1, 0.15) is 11.5 Å². The van der Waals surface area contributed by atoms with E-state index >= 15 is 0 Å². The van der Waals surface area contributed by atoms with Gasteiger partial charge < -0.3 is 4.74 Å². The molecule has 2 nitrogen and oxygen atoms in total. The number of hydrogen-bond acceptors (Lipinski definition) is 2. The van der Waals surface area contributed by atoms with Crippen LogP contribution in [0, 0.1) is 5.92 Å². The summed E-state index contributed by atoms with van der Waals surface area (Å²) in [6, 6.07) is 7.91. The molecule has 0 unspecified atom stereocenters.